The number of halogens is 1. The molecule has 3 atom stereocenters. The number of carbonyl (C=O) groups is 2. The number of nitrogens with zero attached hydrogens (tertiary/aromatic N) is 1. The van der Waals surface area contributed by atoms with Crippen molar-refractivity contribution in [3.05, 3.63) is 89.7 Å². The monoisotopic (exact) mass is 472 g/mol. The van der Waals surface area contributed by atoms with Crippen molar-refractivity contribution in [1.29, 1.82) is 0 Å². The molecule has 2 aliphatic heterocycles. The van der Waals surface area contributed by atoms with Gasteiger partial charge in [0.2, 0.25) is 12.3 Å². The molecule has 0 spiro atoms. The molecule has 180 valence electrons. The van der Waals surface area contributed by atoms with E-state index in [-0.39, 0.29) is 29.8 Å². The van der Waals surface area contributed by atoms with Crippen molar-refractivity contribution in [2.24, 2.45) is 0 Å². The summed E-state index contributed by atoms with van der Waals surface area (Å²) in [5.41, 5.74) is 4.78. The fourth-order valence-electron chi connectivity index (χ4n) is 5.23. The third-order valence-corrected chi connectivity index (χ3v) is 6.97. The third kappa shape index (κ3) is 5.05. The molecule has 2 amide bonds. The van der Waals surface area contributed by atoms with Crippen LogP contribution >= 0.6 is 0 Å². The standard InChI is InChI=1S/C28H29FN4O2/c29-21-7-13-24(14-8-21)33-26(19-3-9-22(10-4-19)31-18-34)15-16-27(33)20-5-11-23(12-6-20)32-28(35)25-2-1-17-30-25/h3-14,18,25-27,30H,1-2,15-17H2,(H,31,34)(H,32,35). The Morgan fingerprint density at radius 3 is 2.00 bits per heavy atom. The predicted molar refractivity (Wildman–Crippen MR) is 136 cm³/mol. The van der Waals surface area contributed by atoms with Crippen molar-refractivity contribution in [2.75, 3.05) is 22.1 Å². The number of nitrogens with one attached hydrogen (secondary N) is 3. The second-order valence-corrected chi connectivity index (χ2v) is 9.14. The number of rotatable bonds is 7. The average molecular weight is 473 g/mol. The molecule has 0 aromatic heterocycles. The molecule has 7 heteroatoms. The number of hydrogen-bond acceptors (Lipinski definition) is 4. The summed E-state index contributed by atoms with van der Waals surface area (Å²) in [7, 11) is 0. The minimum Gasteiger partial charge on any atom is -0.357 e. The largest absolute Gasteiger partial charge is 0.357 e. The van der Waals surface area contributed by atoms with Crippen molar-refractivity contribution >= 4 is 29.4 Å². The Kier molecular flexibility index (Phi) is 6.77. The molecule has 35 heavy (non-hydrogen) atoms. The molecule has 3 aromatic carbocycles. The molecule has 6 nitrogen and oxygen atoms in total. The molecule has 2 aliphatic rings. The topological polar surface area (TPSA) is 73.5 Å². The first-order valence-corrected chi connectivity index (χ1v) is 12.1. The van der Waals surface area contributed by atoms with Crippen LogP contribution in [-0.2, 0) is 9.59 Å². The molecule has 3 unspecified atom stereocenters. The van der Waals surface area contributed by atoms with Crippen LogP contribution in [0.5, 0.6) is 0 Å². The van der Waals surface area contributed by atoms with E-state index in [1.165, 1.54) is 12.1 Å². The maximum Gasteiger partial charge on any atom is 0.241 e. The lowest BCUT2D eigenvalue weighted by molar-refractivity contribution is -0.117. The molecule has 3 N–H and O–H groups in total. The van der Waals surface area contributed by atoms with Crippen molar-refractivity contribution < 1.29 is 14.0 Å². The van der Waals surface area contributed by atoms with Gasteiger partial charge in [0, 0.05) is 17.1 Å². The molecule has 2 fully saturated rings. The highest BCUT2D eigenvalue weighted by Crippen LogP contribution is 2.47. The van der Waals surface area contributed by atoms with Gasteiger partial charge in [0.25, 0.3) is 0 Å². The van der Waals surface area contributed by atoms with Gasteiger partial charge in [-0.25, -0.2) is 4.39 Å². The zero-order valence-corrected chi connectivity index (χ0v) is 19.4. The van der Waals surface area contributed by atoms with Crippen molar-refractivity contribution in [3.8, 4) is 0 Å². The van der Waals surface area contributed by atoms with Crippen LogP contribution in [-0.4, -0.2) is 24.9 Å². The Hall–Kier alpha value is -3.71. The minimum atomic E-state index is -0.262. The maximum absolute atomic E-state index is 13.7. The van der Waals surface area contributed by atoms with E-state index in [0.717, 1.165) is 60.4 Å². The molecule has 0 aliphatic carbocycles. The highest BCUT2D eigenvalue weighted by molar-refractivity contribution is 5.95. The Labute approximate surface area is 204 Å². The molecular weight excluding hydrogens is 443 g/mol. The minimum absolute atomic E-state index is 0.0108. The maximum atomic E-state index is 13.7. The molecule has 5 rings (SSSR count). The first-order chi connectivity index (χ1) is 17.1. The highest BCUT2D eigenvalue weighted by atomic mass is 19.1. The zero-order valence-electron chi connectivity index (χ0n) is 19.4. The number of anilines is 3. The number of benzene rings is 3. The second-order valence-electron chi connectivity index (χ2n) is 9.14. The van der Waals surface area contributed by atoms with E-state index in [1.54, 1.807) is 0 Å². The van der Waals surface area contributed by atoms with E-state index in [0.29, 0.717) is 6.41 Å². The summed E-state index contributed by atoms with van der Waals surface area (Å²) in [4.78, 5) is 25.5. The van der Waals surface area contributed by atoms with Crippen LogP contribution in [0.15, 0.2) is 72.8 Å². The van der Waals surface area contributed by atoms with Crippen molar-refractivity contribution in [1.82, 2.24) is 5.32 Å². The molecule has 2 heterocycles. The molecule has 0 saturated carbocycles. The van der Waals surface area contributed by atoms with Crippen LogP contribution in [0.4, 0.5) is 21.5 Å². The van der Waals surface area contributed by atoms with Crippen LogP contribution < -0.4 is 20.9 Å². The van der Waals surface area contributed by atoms with E-state index >= 15 is 0 Å². The van der Waals surface area contributed by atoms with Gasteiger partial charge in [0.1, 0.15) is 5.82 Å². The van der Waals surface area contributed by atoms with Gasteiger partial charge >= 0.3 is 0 Å². The lowest BCUT2D eigenvalue weighted by Crippen LogP contribution is -2.35. The third-order valence-electron chi connectivity index (χ3n) is 6.97. The molecule has 2 saturated heterocycles. The molecular formula is C28H29FN4O2. The van der Waals surface area contributed by atoms with Gasteiger partial charge < -0.3 is 20.9 Å². The zero-order chi connectivity index (χ0) is 24.2. The normalized spacial score (nSPS) is 21.6. The Morgan fingerprint density at radius 2 is 1.46 bits per heavy atom. The van der Waals surface area contributed by atoms with E-state index in [9.17, 15) is 14.0 Å². The summed E-state index contributed by atoms with van der Waals surface area (Å²) < 4.78 is 13.7. The van der Waals surface area contributed by atoms with Gasteiger partial charge in [0.05, 0.1) is 18.1 Å². The van der Waals surface area contributed by atoms with Crippen LogP contribution in [0.3, 0.4) is 0 Å². The Balaban J connectivity index is 1.39. The number of carbonyl (C=O) groups excluding carboxylic acids is 2. The average Bonchev–Trinajstić information content (AvgIpc) is 3.57. The summed E-state index contributed by atoms with van der Waals surface area (Å²) in [6.07, 6.45) is 4.44. The smallest absolute Gasteiger partial charge is 0.241 e. The van der Waals surface area contributed by atoms with Crippen LogP contribution in [0.1, 0.15) is 48.9 Å². The molecule has 0 bridgehead atoms. The SMILES string of the molecule is O=CNc1ccc(C2CCC(c3ccc(NC(=O)C4CCCN4)cc3)N2c2ccc(F)cc2)cc1. The van der Waals surface area contributed by atoms with E-state index < -0.39 is 0 Å². The summed E-state index contributed by atoms with van der Waals surface area (Å²) in [6, 6.07) is 22.7. The Morgan fingerprint density at radius 1 is 0.857 bits per heavy atom. The quantitative estimate of drug-likeness (QED) is 0.415. The molecule has 0 radical (unpaired) electrons. The van der Waals surface area contributed by atoms with Crippen LogP contribution in [0.25, 0.3) is 0 Å². The van der Waals surface area contributed by atoms with E-state index in [1.807, 2.05) is 48.5 Å². The van der Waals surface area contributed by atoms with Crippen LogP contribution in [0.2, 0.25) is 0 Å². The van der Waals surface area contributed by atoms with Crippen molar-refractivity contribution in [3.63, 3.8) is 0 Å². The lowest BCUT2D eigenvalue weighted by Gasteiger charge is -2.33. The summed E-state index contributed by atoms with van der Waals surface area (Å²) in [6.45, 7) is 0.884. The van der Waals surface area contributed by atoms with E-state index in [2.05, 4.69) is 33.0 Å². The van der Waals surface area contributed by atoms with E-state index in [4.69, 9.17) is 0 Å². The fourth-order valence-corrected chi connectivity index (χ4v) is 5.23. The summed E-state index contributed by atoms with van der Waals surface area (Å²) >= 11 is 0. The van der Waals surface area contributed by atoms with Gasteiger partial charge in [-0.2, -0.15) is 0 Å². The fraction of sp³-hybridized carbons (Fsp3) is 0.286. The summed E-state index contributed by atoms with van der Waals surface area (Å²) in [5.74, 6) is -0.251. The number of amides is 2. The summed E-state index contributed by atoms with van der Waals surface area (Å²) in [5, 5.41) is 8.91. The first kappa shape index (κ1) is 23.1. The predicted octanol–water partition coefficient (Wildman–Crippen LogP) is 5.17. The van der Waals surface area contributed by atoms with Gasteiger partial charge in [-0.05, 0) is 91.9 Å². The van der Waals surface area contributed by atoms with Gasteiger partial charge in [-0.1, -0.05) is 24.3 Å². The second kappa shape index (κ2) is 10.3. The van der Waals surface area contributed by atoms with Gasteiger partial charge in [-0.15, -0.1) is 0 Å². The number of hydrogen-bond donors (Lipinski definition) is 3. The Bertz CT molecular complexity index is 1160. The van der Waals surface area contributed by atoms with Crippen molar-refractivity contribution in [2.45, 2.75) is 43.8 Å². The first-order valence-electron chi connectivity index (χ1n) is 12.1. The van der Waals surface area contributed by atoms with Gasteiger partial charge in [-0.3, -0.25) is 9.59 Å². The lowest BCUT2D eigenvalue weighted by atomic mass is 10.0. The highest BCUT2D eigenvalue weighted by Gasteiger charge is 2.35. The van der Waals surface area contributed by atoms with Gasteiger partial charge in [0.15, 0.2) is 0 Å². The molecule has 3 aromatic rings. The van der Waals surface area contributed by atoms with Crippen LogP contribution in [0, 0.1) is 5.82 Å².